The summed E-state index contributed by atoms with van der Waals surface area (Å²) >= 11 is 2.81. The second-order valence-electron chi connectivity index (χ2n) is 8.86. The van der Waals surface area contributed by atoms with Crippen molar-refractivity contribution in [1.82, 2.24) is 19.9 Å². The van der Waals surface area contributed by atoms with Crippen molar-refractivity contribution in [3.05, 3.63) is 10.4 Å². The summed E-state index contributed by atoms with van der Waals surface area (Å²) in [5.41, 5.74) is 0.488. The van der Waals surface area contributed by atoms with Crippen LogP contribution in [-0.2, 0) is 11.3 Å². The molecule has 2 aromatic rings. The molecule has 1 N–H and O–H groups in total. The van der Waals surface area contributed by atoms with Crippen LogP contribution in [0.4, 0.5) is 5.13 Å². The van der Waals surface area contributed by atoms with Crippen LogP contribution in [0.3, 0.4) is 0 Å². The number of carbonyl (C=O) groups excluding carboxylic acids is 1. The third kappa shape index (κ3) is 5.42. The smallest absolute Gasteiger partial charge is 0.273 e. The van der Waals surface area contributed by atoms with E-state index in [1.807, 2.05) is 6.92 Å². The van der Waals surface area contributed by atoms with E-state index < -0.39 is 0 Å². The quantitative estimate of drug-likeness (QED) is 0.493. The standard InChI is InChI=1S/C22H33N5O2S2/c1-3-11-27-20(29)18-19(24-21(31-18)26-12-9-15(2)10-13-26)25-22(27)30-14-17(28)23-16-7-5-4-6-8-16/h15-16H,3-14H2,1-2H3,(H,23,28). The number of amides is 1. The number of nitrogens with zero attached hydrogens (tertiary/aromatic N) is 4. The fraction of sp³-hybridized carbons (Fsp3) is 0.727. The van der Waals surface area contributed by atoms with E-state index in [9.17, 15) is 9.59 Å². The Balaban J connectivity index is 1.51. The molecule has 1 aliphatic heterocycles. The molecule has 170 valence electrons. The SMILES string of the molecule is CCCn1c(SCC(=O)NC2CCCCC2)nc2nc(N3CCC(C)CC3)sc2c1=O. The minimum atomic E-state index is -0.0313. The molecular weight excluding hydrogens is 430 g/mol. The van der Waals surface area contributed by atoms with Crippen LogP contribution in [0.15, 0.2) is 9.95 Å². The summed E-state index contributed by atoms with van der Waals surface area (Å²) in [7, 11) is 0. The van der Waals surface area contributed by atoms with E-state index in [0.717, 1.165) is 56.2 Å². The number of thiazole rings is 1. The Morgan fingerprint density at radius 3 is 2.61 bits per heavy atom. The van der Waals surface area contributed by atoms with Crippen molar-refractivity contribution in [1.29, 1.82) is 0 Å². The maximum Gasteiger partial charge on any atom is 0.273 e. The highest BCUT2D eigenvalue weighted by Gasteiger charge is 2.22. The lowest BCUT2D eigenvalue weighted by atomic mass is 9.95. The number of rotatable bonds is 7. The van der Waals surface area contributed by atoms with E-state index in [1.54, 1.807) is 4.57 Å². The second-order valence-corrected chi connectivity index (χ2v) is 10.8. The average Bonchev–Trinajstić information content (AvgIpc) is 3.20. The van der Waals surface area contributed by atoms with Crippen molar-refractivity contribution in [3.63, 3.8) is 0 Å². The summed E-state index contributed by atoms with van der Waals surface area (Å²) < 4.78 is 2.35. The first-order chi connectivity index (χ1) is 15.0. The molecule has 0 atom stereocenters. The largest absolute Gasteiger partial charge is 0.353 e. The molecule has 31 heavy (non-hydrogen) atoms. The zero-order valence-corrected chi connectivity index (χ0v) is 20.2. The predicted molar refractivity (Wildman–Crippen MR) is 128 cm³/mol. The maximum absolute atomic E-state index is 13.2. The van der Waals surface area contributed by atoms with Crippen LogP contribution in [-0.4, -0.2) is 45.3 Å². The van der Waals surface area contributed by atoms with Crippen molar-refractivity contribution >= 4 is 44.5 Å². The van der Waals surface area contributed by atoms with Gasteiger partial charge in [-0.15, -0.1) is 0 Å². The molecule has 3 heterocycles. The zero-order chi connectivity index (χ0) is 21.8. The highest BCUT2D eigenvalue weighted by atomic mass is 32.2. The van der Waals surface area contributed by atoms with E-state index >= 15 is 0 Å². The molecule has 2 aliphatic rings. The van der Waals surface area contributed by atoms with Gasteiger partial charge in [0.1, 0.15) is 4.70 Å². The molecule has 2 fully saturated rings. The number of thioether (sulfide) groups is 1. The Hall–Kier alpha value is -1.61. The van der Waals surface area contributed by atoms with Gasteiger partial charge in [-0.3, -0.25) is 14.2 Å². The highest BCUT2D eigenvalue weighted by molar-refractivity contribution is 7.99. The van der Waals surface area contributed by atoms with Crippen LogP contribution in [0.25, 0.3) is 10.3 Å². The number of anilines is 1. The van der Waals surface area contributed by atoms with Crippen molar-refractivity contribution < 1.29 is 4.79 Å². The fourth-order valence-corrected chi connectivity index (χ4v) is 6.22. The first kappa shape index (κ1) is 22.6. The van der Waals surface area contributed by atoms with Crippen LogP contribution >= 0.6 is 23.1 Å². The van der Waals surface area contributed by atoms with Gasteiger partial charge in [-0.1, -0.05) is 56.2 Å². The maximum atomic E-state index is 13.2. The number of nitrogens with one attached hydrogen (secondary N) is 1. The number of piperidine rings is 1. The molecule has 4 rings (SSSR count). The lowest BCUT2D eigenvalue weighted by molar-refractivity contribution is -0.119. The van der Waals surface area contributed by atoms with Gasteiger partial charge in [-0.05, 0) is 38.0 Å². The van der Waals surface area contributed by atoms with Gasteiger partial charge in [-0.25, -0.2) is 4.98 Å². The van der Waals surface area contributed by atoms with Crippen LogP contribution < -0.4 is 15.8 Å². The van der Waals surface area contributed by atoms with Crippen molar-refractivity contribution in [2.75, 3.05) is 23.7 Å². The Morgan fingerprint density at radius 2 is 1.90 bits per heavy atom. The summed E-state index contributed by atoms with van der Waals surface area (Å²) in [5.74, 6) is 1.04. The van der Waals surface area contributed by atoms with Gasteiger partial charge in [0.15, 0.2) is 15.9 Å². The summed E-state index contributed by atoms with van der Waals surface area (Å²) in [6, 6.07) is 0.295. The molecule has 9 heteroatoms. The molecule has 7 nitrogen and oxygen atoms in total. The Morgan fingerprint density at radius 1 is 1.16 bits per heavy atom. The molecule has 1 saturated carbocycles. The molecule has 1 saturated heterocycles. The first-order valence-electron chi connectivity index (χ1n) is 11.6. The molecule has 0 unspecified atom stereocenters. The normalized spacial score (nSPS) is 18.6. The van der Waals surface area contributed by atoms with Crippen molar-refractivity contribution in [2.45, 2.75) is 83.0 Å². The Kier molecular flexibility index (Phi) is 7.53. The molecule has 0 radical (unpaired) electrons. The third-order valence-electron chi connectivity index (χ3n) is 6.27. The number of fused-ring (bicyclic) bond motifs is 1. The summed E-state index contributed by atoms with van der Waals surface area (Å²) in [6.07, 6.45) is 8.92. The van der Waals surface area contributed by atoms with Gasteiger partial charge < -0.3 is 10.2 Å². The number of hydrogen-bond acceptors (Lipinski definition) is 7. The lowest BCUT2D eigenvalue weighted by Gasteiger charge is -2.29. The number of hydrogen-bond donors (Lipinski definition) is 1. The van der Waals surface area contributed by atoms with Gasteiger partial charge in [0, 0.05) is 25.7 Å². The summed E-state index contributed by atoms with van der Waals surface area (Å²) in [5, 5.41) is 4.64. The van der Waals surface area contributed by atoms with E-state index in [-0.39, 0.29) is 17.2 Å². The van der Waals surface area contributed by atoms with Crippen LogP contribution in [0.1, 0.15) is 65.2 Å². The predicted octanol–water partition coefficient (Wildman–Crippen LogP) is 4.04. The molecule has 0 bridgehead atoms. The van der Waals surface area contributed by atoms with Gasteiger partial charge >= 0.3 is 0 Å². The molecule has 0 aromatic carbocycles. The molecule has 1 aliphatic carbocycles. The van der Waals surface area contributed by atoms with Gasteiger partial charge in [0.25, 0.3) is 5.56 Å². The lowest BCUT2D eigenvalue weighted by Crippen LogP contribution is -2.37. The summed E-state index contributed by atoms with van der Waals surface area (Å²) in [6.45, 7) is 6.89. The molecular formula is C22H33N5O2S2. The van der Waals surface area contributed by atoms with E-state index in [2.05, 4.69) is 17.1 Å². The van der Waals surface area contributed by atoms with Gasteiger partial charge in [-0.2, -0.15) is 4.98 Å². The Labute approximate surface area is 192 Å². The monoisotopic (exact) mass is 463 g/mol. The van der Waals surface area contributed by atoms with Gasteiger partial charge in [0.05, 0.1) is 5.75 Å². The van der Waals surface area contributed by atoms with E-state index in [1.165, 1.54) is 42.4 Å². The third-order valence-corrected chi connectivity index (χ3v) is 8.34. The average molecular weight is 464 g/mol. The minimum absolute atomic E-state index is 0.0238. The molecule has 1 amide bonds. The zero-order valence-electron chi connectivity index (χ0n) is 18.6. The van der Waals surface area contributed by atoms with E-state index in [0.29, 0.717) is 28.1 Å². The van der Waals surface area contributed by atoms with Crippen LogP contribution in [0.5, 0.6) is 0 Å². The fourth-order valence-electron chi connectivity index (χ4n) is 4.39. The number of aromatic nitrogens is 3. The van der Waals surface area contributed by atoms with E-state index in [4.69, 9.17) is 9.97 Å². The minimum Gasteiger partial charge on any atom is -0.353 e. The van der Waals surface area contributed by atoms with Crippen molar-refractivity contribution in [3.8, 4) is 0 Å². The molecule has 2 aromatic heterocycles. The number of carbonyl (C=O) groups is 1. The van der Waals surface area contributed by atoms with Crippen molar-refractivity contribution in [2.24, 2.45) is 5.92 Å². The van der Waals surface area contributed by atoms with Crippen LogP contribution in [0, 0.1) is 5.92 Å². The van der Waals surface area contributed by atoms with Gasteiger partial charge in [0.2, 0.25) is 5.91 Å². The van der Waals surface area contributed by atoms with Crippen LogP contribution in [0.2, 0.25) is 0 Å². The highest BCUT2D eigenvalue weighted by Crippen LogP contribution is 2.30. The Bertz CT molecular complexity index is 959. The summed E-state index contributed by atoms with van der Waals surface area (Å²) in [4.78, 5) is 37.4. The molecule has 0 spiro atoms. The first-order valence-corrected chi connectivity index (χ1v) is 13.4. The second kappa shape index (κ2) is 10.3. The topological polar surface area (TPSA) is 80.1 Å².